The van der Waals surface area contributed by atoms with Crippen molar-refractivity contribution in [3.8, 4) is 5.75 Å². The summed E-state index contributed by atoms with van der Waals surface area (Å²) in [5.74, 6) is 0.831. The predicted octanol–water partition coefficient (Wildman–Crippen LogP) is 1.44. The highest BCUT2D eigenvalue weighted by molar-refractivity contribution is 5.14. The molecule has 0 spiro atoms. The van der Waals surface area contributed by atoms with Crippen molar-refractivity contribution in [1.29, 1.82) is 0 Å². The van der Waals surface area contributed by atoms with E-state index in [1.165, 1.54) is 0 Å². The molecule has 0 bridgehead atoms. The van der Waals surface area contributed by atoms with E-state index < -0.39 is 0 Å². The summed E-state index contributed by atoms with van der Waals surface area (Å²) in [7, 11) is 1.75. The van der Waals surface area contributed by atoms with Crippen LogP contribution in [0.2, 0.25) is 0 Å². The second kappa shape index (κ2) is 6.20. The fraction of sp³-hybridized carbons (Fsp3) is 0.769. The van der Waals surface area contributed by atoms with E-state index in [4.69, 9.17) is 9.47 Å². The molecule has 3 atom stereocenters. The third-order valence-electron chi connectivity index (χ3n) is 3.40. The Morgan fingerprint density at radius 2 is 2.33 bits per heavy atom. The number of aromatic nitrogens is 2. The van der Waals surface area contributed by atoms with Crippen LogP contribution in [0, 0.1) is 0 Å². The van der Waals surface area contributed by atoms with Gasteiger partial charge in [-0.2, -0.15) is 5.10 Å². The van der Waals surface area contributed by atoms with Crippen LogP contribution in [0.15, 0.2) is 12.4 Å². The van der Waals surface area contributed by atoms with Gasteiger partial charge in [-0.3, -0.25) is 4.68 Å². The second-order valence-corrected chi connectivity index (χ2v) is 4.68. The number of hydrogen-bond donors (Lipinski definition) is 1. The molecule has 1 aliphatic carbocycles. The summed E-state index contributed by atoms with van der Waals surface area (Å²) in [6.07, 6.45) is 6.11. The lowest BCUT2D eigenvalue weighted by atomic mass is 9.85. The smallest absolute Gasteiger partial charge is 0.157 e. The Bertz CT molecular complexity index is 367. The minimum absolute atomic E-state index is 0.138. The molecule has 1 aromatic heterocycles. The van der Waals surface area contributed by atoms with Crippen molar-refractivity contribution in [2.75, 3.05) is 13.7 Å². The van der Waals surface area contributed by atoms with Gasteiger partial charge in [-0.05, 0) is 19.9 Å². The van der Waals surface area contributed by atoms with Crippen LogP contribution in [-0.4, -0.2) is 41.7 Å². The summed E-state index contributed by atoms with van der Waals surface area (Å²) in [6, 6.07) is 0.418. The first-order chi connectivity index (χ1) is 8.78. The van der Waals surface area contributed by atoms with Crippen molar-refractivity contribution in [3.05, 3.63) is 12.4 Å². The molecule has 5 nitrogen and oxygen atoms in total. The van der Waals surface area contributed by atoms with Gasteiger partial charge in [0.15, 0.2) is 5.75 Å². The van der Waals surface area contributed by atoms with E-state index >= 15 is 0 Å². The summed E-state index contributed by atoms with van der Waals surface area (Å²) in [5, 5.41) is 7.68. The van der Waals surface area contributed by atoms with Gasteiger partial charge < -0.3 is 14.8 Å². The molecule has 18 heavy (non-hydrogen) atoms. The highest BCUT2D eigenvalue weighted by Gasteiger charge is 2.42. The Morgan fingerprint density at radius 1 is 1.50 bits per heavy atom. The molecule has 0 saturated heterocycles. The van der Waals surface area contributed by atoms with E-state index in [-0.39, 0.29) is 12.2 Å². The van der Waals surface area contributed by atoms with Crippen LogP contribution in [0.1, 0.15) is 26.7 Å². The number of ether oxygens (including phenoxy) is 2. The van der Waals surface area contributed by atoms with E-state index in [0.717, 1.165) is 31.7 Å². The van der Waals surface area contributed by atoms with Crippen LogP contribution in [0.4, 0.5) is 0 Å². The molecular formula is C13H23N3O2. The van der Waals surface area contributed by atoms with Gasteiger partial charge in [0.1, 0.15) is 12.2 Å². The number of nitrogens with zero attached hydrogens (tertiary/aromatic N) is 2. The van der Waals surface area contributed by atoms with Crippen LogP contribution in [0.5, 0.6) is 5.75 Å². The first-order valence-corrected chi connectivity index (χ1v) is 6.73. The van der Waals surface area contributed by atoms with Gasteiger partial charge in [0.2, 0.25) is 0 Å². The van der Waals surface area contributed by atoms with Gasteiger partial charge in [-0.25, -0.2) is 0 Å². The van der Waals surface area contributed by atoms with Gasteiger partial charge in [-0.15, -0.1) is 0 Å². The third-order valence-corrected chi connectivity index (χ3v) is 3.40. The molecule has 3 unspecified atom stereocenters. The molecule has 102 valence electrons. The molecule has 0 radical (unpaired) electrons. The van der Waals surface area contributed by atoms with E-state index in [9.17, 15) is 0 Å². The Hall–Kier alpha value is -1.07. The molecule has 1 N–H and O–H groups in total. The number of hydrogen-bond acceptors (Lipinski definition) is 4. The fourth-order valence-corrected chi connectivity index (χ4v) is 2.30. The minimum Gasteiger partial charge on any atom is -0.484 e. The largest absolute Gasteiger partial charge is 0.484 e. The van der Waals surface area contributed by atoms with Crippen LogP contribution in [0.3, 0.4) is 0 Å². The average Bonchev–Trinajstić information content (AvgIpc) is 2.81. The third kappa shape index (κ3) is 2.84. The Labute approximate surface area is 108 Å². The fourth-order valence-electron chi connectivity index (χ4n) is 2.30. The molecular weight excluding hydrogens is 230 g/mol. The zero-order valence-electron chi connectivity index (χ0n) is 11.4. The topological polar surface area (TPSA) is 48.3 Å². The lowest BCUT2D eigenvalue weighted by molar-refractivity contribution is -0.0887. The van der Waals surface area contributed by atoms with Crippen molar-refractivity contribution in [3.63, 3.8) is 0 Å². The molecule has 0 aromatic carbocycles. The van der Waals surface area contributed by atoms with E-state index in [1.807, 2.05) is 10.9 Å². The Balaban J connectivity index is 1.83. The predicted molar refractivity (Wildman–Crippen MR) is 69.8 cm³/mol. The van der Waals surface area contributed by atoms with Crippen molar-refractivity contribution < 1.29 is 9.47 Å². The zero-order valence-corrected chi connectivity index (χ0v) is 11.4. The monoisotopic (exact) mass is 253 g/mol. The van der Waals surface area contributed by atoms with Crippen LogP contribution in [0.25, 0.3) is 0 Å². The van der Waals surface area contributed by atoms with Gasteiger partial charge in [0.05, 0.1) is 12.4 Å². The quantitative estimate of drug-likeness (QED) is 0.799. The summed E-state index contributed by atoms with van der Waals surface area (Å²) in [6.45, 7) is 6.12. The zero-order chi connectivity index (χ0) is 13.0. The van der Waals surface area contributed by atoms with Crippen LogP contribution >= 0.6 is 0 Å². The molecule has 0 aliphatic heterocycles. The van der Waals surface area contributed by atoms with Gasteiger partial charge in [-0.1, -0.05) is 6.92 Å². The highest BCUT2D eigenvalue weighted by Crippen LogP contribution is 2.28. The Kier molecular flexibility index (Phi) is 4.60. The maximum absolute atomic E-state index is 5.90. The minimum atomic E-state index is 0.138. The summed E-state index contributed by atoms with van der Waals surface area (Å²) in [4.78, 5) is 0. The Morgan fingerprint density at radius 3 is 2.94 bits per heavy atom. The molecule has 1 fully saturated rings. The van der Waals surface area contributed by atoms with E-state index in [0.29, 0.717) is 6.04 Å². The second-order valence-electron chi connectivity index (χ2n) is 4.68. The van der Waals surface area contributed by atoms with E-state index in [1.54, 1.807) is 13.3 Å². The van der Waals surface area contributed by atoms with Crippen molar-refractivity contribution in [2.24, 2.45) is 0 Å². The van der Waals surface area contributed by atoms with Crippen molar-refractivity contribution in [1.82, 2.24) is 15.1 Å². The van der Waals surface area contributed by atoms with Crippen molar-refractivity contribution in [2.45, 2.75) is 51.5 Å². The SMILES string of the molecule is CCCNC1CC(Oc2cnn(CC)c2)C1OC. The highest BCUT2D eigenvalue weighted by atomic mass is 16.5. The molecule has 1 heterocycles. The summed E-state index contributed by atoms with van der Waals surface area (Å²) >= 11 is 0. The van der Waals surface area contributed by atoms with Gasteiger partial charge in [0, 0.05) is 26.1 Å². The van der Waals surface area contributed by atoms with Gasteiger partial charge in [0.25, 0.3) is 0 Å². The van der Waals surface area contributed by atoms with E-state index in [2.05, 4.69) is 24.3 Å². The standard InChI is InChI=1S/C13H23N3O2/c1-4-6-14-11-7-12(13(11)17-3)18-10-8-15-16(5-2)9-10/h8-9,11-14H,4-7H2,1-3H3. The van der Waals surface area contributed by atoms with Gasteiger partial charge >= 0.3 is 0 Å². The lowest BCUT2D eigenvalue weighted by Crippen LogP contribution is -2.61. The van der Waals surface area contributed by atoms with Crippen LogP contribution < -0.4 is 10.1 Å². The maximum Gasteiger partial charge on any atom is 0.157 e. The summed E-state index contributed by atoms with van der Waals surface area (Å²) in [5.41, 5.74) is 0. The number of aryl methyl sites for hydroxylation is 1. The first-order valence-electron chi connectivity index (χ1n) is 6.73. The maximum atomic E-state index is 5.90. The number of rotatable bonds is 7. The molecule has 0 amide bonds. The first kappa shape index (κ1) is 13.4. The number of nitrogens with one attached hydrogen (secondary N) is 1. The summed E-state index contributed by atoms with van der Waals surface area (Å²) < 4.78 is 13.3. The number of methoxy groups -OCH3 is 1. The average molecular weight is 253 g/mol. The lowest BCUT2D eigenvalue weighted by Gasteiger charge is -2.43. The molecule has 2 rings (SSSR count). The molecule has 1 saturated carbocycles. The molecule has 1 aromatic rings. The van der Waals surface area contributed by atoms with Crippen molar-refractivity contribution >= 4 is 0 Å². The van der Waals surface area contributed by atoms with Crippen LogP contribution in [-0.2, 0) is 11.3 Å². The normalized spacial score (nSPS) is 26.9. The molecule has 1 aliphatic rings. The molecule has 5 heteroatoms.